The second kappa shape index (κ2) is 8.65. The number of hydrogen-bond acceptors (Lipinski definition) is 4. The van der Waals surface area contributed by atoms with Gasteiger partial charge in [-0.05, 0) is 32.5 Å². The lowest BCUT2D eigenvalue weighted by atomic mass is 9.81. The average Bonchev–Trinajstić information content (AvgIpc) is 2.91. The van der Waals surface area contributed by atoms with E-state index in [1.807, 2.05) is 44.4 Å². The van der Waals surface area contributed by atoms with Gasteiger partial charge in [0.15, 0.2) is 0 Å². The average molecular weight is 371 g/mol. The van der Waals surface area contributed by atoms with Crippen molar-refractivity contribution in [1.82, 2.24) is 15.1 Å². The number of carbonyl (C=O) groups excluding carboxylic acids is 3. The number of benzene rings is 1. The Morgan fingerprint density at radius 1 is 1.11 bits per heavy atom. The van der Waals surface area contributed by atoms with Gasteiger partial charge < -0.3 is 10.2 Å². The van der Waals surface area contributed by atoms with Crippen LogP contribution < -0.4 is 5.32 Å². The van der Waals surface area contributed by atoms with E-state index in [9.17, 15) is 14.4 Å². The molecule has 2 aliphatic rings. The van der Waals surface area contributed by atoms with Crippen molar-refractivity contribution in [3.63, 3.8) is 0 Å². The molecule has 146 valence electrons. The Kier molecular flexibility index (Phi) is 6.26. The molecule has 6 heteroatoms. The molecular weight excluding hydrogens is 342 g/mol. The first-order valence-corrected chi connectivity index (χ1v) is 9.82. The molecule has 1 aromatic rings. The summed E-state index contributed by atoms with van der Waals surface area (Å²) in [6.07, 6.45) is 3.80. The molecule has 3 atom stereocenters. The largest absolute Gasteiger partial charge is 0.354 e. The lowest BCUT2D eigenvalue weighted by Gasteiger charge is -2.25. The molecule has 2 fully saturated rings. The van der Waals surface area contributed by atoms with Gasteiger partial charge in [-0.2, -0.15) is 0 Å². The second-order valence-electron chi connectivity index (χ2n) is 7.77. The van der Waals surface area contributed by atoms with E-state index in [1.54, 1.807) is 0 Å². The molecule has 1 aliphatic carbocycles. The molecule has 1 saturated heterocycles. The molecule has 6 nitrogen and oxygen atoms in total. The van der Waals surface area contributed by atoms with E-state index in [0.717, 1.165) is 31.2 Å². The molecule has 0 unspecified atom stereocenters. The molecule has 3 rings (SSSR count). The van der Waals surface area contributed by atoms with E-state index in [-0.39, 0.29) is 48.6 Å². The minimum absolute atomic E-state index is 0.0760. The molecular formula is C21H29N3O3. The van der Waals surface area contributed by atoms with Crippen molar-refractivity contribution in [2.45, 2.75) is 38.1 Å². The van der Waals surface area contributed by atoms with Crippen LogP contribution in [0.5, 0.6) is 0 Å². The zero-order chi connectivity index (χ0) is 19.4. The smallest absolute Gasteiger partial charge is 0.233 e. The van der Waals surface area contributed by atoms with E-state index >= 15 is 0 Å². The Balaban J connectivity index is 1.51. The Hall–Kier alpha value is -2.21. The van der Waals surface area contributed by atoms with Gasteiger partial charge in [-0.15, -0.1) is 0 Å². The van der Waals surface area contributed by atoms with E-state index in [0.29, 0.717) is 6.54 Å². The Morgan fingerprint density at radius 2 is 1.70 bits per heavy atom. The summed E-state index contributed by atoms with van der Waals surface area (Å²) in [4.78, 5) is 40.6. The van der Waals surface area contributed by atoms with Crippen LogP contribution in [0.3, 0.4) is 0 Å². The van der Waals surface area contributed by atoms with Gasteiger partial charge in [-0.25, -0.2) is 0 Å². The maximum atomic E-state index is 12.5. The van der Waals surface area contributed by atoms with E-state index < -0.39 is 0 Å². The van der Waals surface area contributed by atoms with Crippen molar-refractivity contribution < 1.29 is 14.4 Å². The van der Waals surface area contributed by atoms with Crippen LogP contribution in [0.2, 0.25) is 0 Å². The van der Waals surface area contributed by atoms with Gasteiger partial charge in [0.25, 0.3) is 0 Å². The minimum Gasteiger partial charge on any atom is -0.354 e. The van der Waals surface area contributed by atoms with Gasteiger partial charge in [0, 0.05) is 19.5 Å². The van der Waals surface area contributed by atoms with Gasteiger partial charge in [0.2, 0.25) is 17.7 Å². The van der Waals surface area contributed by atoms with E-state index in [1.165, 1.54) is 4.90 Å². The van der Waals surface area contributed by atoms with Gasteiger partial charge in [0.1, 0.15) is 0 Å². The quantitative estimate of drug-likeness (QED) is 0.744. The maximum absolute atomic E-state index is 12.5. The number of hydrogen-bond donors (Lipinski definition) is 1. The molecule has 3 amide bonds. The molecule has 0 aromatic heterocycles. The predicted octanol–water partition coefficient (Wildman–Crippen LogP) is 1.97. The lowest BCUT2D eigenvalue weighted by molar-refractivity contribution is -0.140. The summed E-state index contributed by atoms with van der Waals surface area (Å²) in [5, 5.41) is 2.95. The van der Waals surface area contributed by atoms with Crippen molar-refractivity contribution >= 4 is 17.7 Å². The minimum atomic E-state index is -0.148. The van der Waals surface area contributed by atoms with Gasteiger partial charge in [0.05, 0.1) is 17.9 Å². The van der Waals surface area contributed by atoms with E-state index in [4.69, 9.17) is 0 Å². The van der Waals surface area contributed by atoms with Crippen LogP contribution in [0.4, 0.5) is 0 Å². The Bertz CT molecular complexity index is 665. The molecule has 0 bridgehead atoms. The van der Waals surface area contributed by atoms with Crippen LogP contribution in [-0.4, -0.2) is 54.7 Å². The van der Waals surface area contributed by atoms with Crippen LogP contribution in [0.25, 0.3) is 0 Å². The molecule has 27 heavy (non-hydrogen) atoms. The monoisotopic (exact) mass is 371 g/mol. The topological polar surface area (TPSA) is 69.7 Å². The van der Waals surface area contributed by atoms with Crippen LogP contribution in [0.15, 0.2) is 30.3 Å². The fraction of sp³-hybridized carbons (Fsp3) is 0.571. The number of rotatable bonds is 7. The standard InChI is InChI=1S/C21H29N3O3/c1-23(2)18(15-8-4-3-5-9-15)14-22-19(25)12-13-24-20(26)16-10-6-7-11-17(16)21(24)27/h3-5,8-9,16-18H,6-7,10-14H2,1-2H3,(H,22,25)/t16-,17-,18-/m1/s1. The highest BCUT2D eigenvalue weighted by molar-refractivity contribution is 6.05. The highest BCUT2D eigenvalue weighted by Gasteiger charge is 2.47. The second-order valence-corrected chi connectivity index (χ2v) is 7.77. The summed E-state index contributed by atoms with van der Waals surface area (Å²) in [6, 6.07) is 10.1. The van der Waals surface area contributed by atoms with Crippen LogP contribution in [0, 0.1) is 11.8 Å². The number of likely N-dealkylation sites (N-methyl/N-ethyl adjacent to an activating group) is 1. The fourth-order valence-corrected chi connectivity index (χ4v) is 4.24. The number of amides is 3. The van der Waals surface area contributed by atoms with Crippen molar-refractivity contribution in [3.05, 3.63) is 35.9 Å². The molecule has 1 aromatic carbocycles. The summed E-state index contributed by atoms with van der Waals surface area (Å²) >= 11 is 0. The SMILES string of the molecule is CN(C)[C@H](CNC(=O)CCN1C(=O)[C@@H]2CCCC[C@H]2C1=O)c1ccccc1. The summed E-state index contributed by atoms with van der Waals surface area (Å²) in [6.45, 7) is 0.678. The fourth-order valence-electron chi connectivity index (χ4n) is 4.24. The van der Waals surface area contributed by atoms with Gasteiger partial charge >= 0.3 is 0 Å². The van der Waals surface area contributed by atoms with Gasteiger partial charge in [-0.3, -0.25) is 19.3 Å². The van der Waals surface area contributed by atoms with Gasteiger partial charge in [-0.1, -0.05) is 43.2 Å². The summed E-state index contributed by atoms with van der Waals surface area (Å²) < 4.78 is 0. The number of imide groups is 1. The number of nitrogens with one attached hydrogen (secondary N) is 1. The maximum Gasteiger partial charge on any atom is 0.233 e. The Labute approximate surface area is 160 Å². The predicted molar refractivity (Wildman–Crippen MR) is 103 cm³/mol. The molecule has 1 heterocycles. The number of likely N-dealkylation sites (tertiary alicyclic amines) is 1. The molecule has 1 N–H and O–H groups in total. The molecule has 1 saturated carbocycles. The zero-order valence-corrected chi connectivity index (χ0v) is 16.2. The number of fused-ring (bicyclic) bond motifs is 1. The normalized spacial score (nSPS) is 23.4. The highest BCUT2D eigenvalue weighted by atomic mass is 16.2. The van der Waals surface area contributed by atoms with Crippen molar-refractivity contribution in [3.8, 4) is 0 Å². The summed E-state index contributed by atoms with van der Waals surface area (Å²) in [5.74, 6) is -0.579. The van der Waals surface area contributed by atoms with Crippen molar-refractivity contribution in [1.29, 1.82) is 0 Å². The number of nitrogens with zero attached hydrogens (tertiary/aromatic N) is 2. The number of carbonyl (C=O) groups is 3. The summed E-state index contributed by atoms with van der Waals surface area (Å²) in [7, 11) is 3.96. The lowest BCUT2D eigenvalue weighted by Crippen LogP contribution is -2.38. The third-order valence-corrected chi connectivity index (χ3v) is 5.80. The molecule has 0 spiro atoms. The highest BCUT2D eigenvalue weighted by Crippen LogP contribution is 2.37. The third kappa shape index (κ3) is 4.38. The van der Waals surface area contributed by atoms with E-state index in [2.05, 4.69) is 10.2 Å². The summed E-state index contributed by atoms with van der Waals surface area (Å²) in [5.41, 5.74) is 1.14. The first kappa shape index (κ1) is 19.5. The van der Waals surface area contributed by atoms with Crippen LogP contribution >= 0.6 is 0 Å². The first-order valence-electron chi connectivity index (χ1n) is 9.82. The third-order valence-electron chi connectivity index (χ3n) is 5.80. The molecule has 0 radical (unpaired) electrons. The molecule has 1 aliphatic heterocycles. The zero-order valence-electron chi connectivity index (χ0n) is 16.2. The van der Waals surface area contributed by atoms with Crippen molar-refractivity contribution in [2.75, 3.05) is 27.2 Å². The van der Waals surface area contributed by atoms with Crippen LogP contribution in [-0.2, 0) is 14.4 Å². The van der Waals surface area contributed by atoms with Crippen LogP contribution in [0.1, 0.15) is 43.7 Å². The van der Waals surface area contributed by atoms with Crippen molar-refractivity contribution in [2.24, 2.45) is 11.8 Å². The Morgan fingerprint density at radius 3 is 2.26 bits per heavy atom. The first-order chi connectivity index (χ1) is 13.0.